The largest absolute Gasteiger partial charge is 0.478 e. The fourth-order valence-corrected chi connectivity index (χ4v) is 3.80. The van der Waals surface area contributed by atoms with Crippen molar-refractivity contribution in [3.63, 3.8) is 0 Å². The van der Waals surface area contributed by atoms with Crippen molar-refractivity contribution in [3.05, 3.63) is 86.8 Å². The maximum Gasteiger partial charge on any atom is 0.337 e. The molecule has 0 atom stereocenters. The normalized spacial score (nSPS) is 11.0. The van der Waals surface area contributed by atoms with Gasteiger partial charge in [0, 0.05) is 27.4 Å². The van der Waals surface area contributed by atoms with Crippen molar-refractivity contribution < 1.29 is 19.1 Å². The van der Waals surface area contributed by atoms with Crippen molar-refractivity contribution in [1.29, 1.82) is 0 Å². The van der Waals surface area contributed by atoms with Gasteiger partial charge >= 0.3 is 5.97 Å². The van der Waals surface area contributed by atoms with Crippen molar-refractivity contribution in [2.24, 2.45) is 0 Å². The summed E-state index contributed by atoms with van der Waals surface area (Å²) in [5.74, 6) is -1.82. The second kappa shape index (κ2) is 8.29. The molecule has 1 N–H and O–H groups in total. The number of carboxylic acids is 1. The third-order valence-electron chi connectivity index (χ3n) is 3.93. The Kier molecular flexibility index (Phi) is 5.84. The van der Waals surface area contributed by atoms with Gasteiger partial charge in [0.05, 0.1) is 5.56 Å². The third-order valence-corrected chi connectivity index (χ3v) is 5.16. The number of ketones is 1. The first kappa shape index (κ1) is 19.0. The lowest BCUT2D eigenvalue weighted by atomic mass is 10.0. The highest BCUT2D eigenvalue weighted by Gasteiger charge is 2.20. The molecule has 136 valence electrons. The summed E-state index contributed by atoms with van der Waals surface area (Å²) in [5, 5.41) is 11.9. The molecular formula is C21H14ClFO3S. The van der Waals surface area contributed by atoms with Crippen LogP contribution < -0.4 is 0 Å². The second-order valence-corrected chi connectivity index (χ2v) is 7.16. The van der Waals surface area contributed by atoms with Crippen molar-refractivity contribution in [1.82, 2.24) is 0 Å². The van der Waals surface area contributed by atoms with E-state index in [1.165, 1.54) is 29.6 Å². The van der Waals surface area contributed by atoms with Crippen LogP contribution in [0.3, 0.4) is 0 Å². The highest BCUT2D eigenvalue weighted by atomic mass is 35.5. The summed E-state index contributed by atoms with van der Waals surface area (Å²) >= 11 is 7.09. The lowest BCUT2D eigenvalue weighted by Crippen LogP contribution is -2.05. The first-order valence-corrected chi connectivity index (χ1v) is 9.26. The topological polar surface area (TPSA) is 54.4 Å². The van der Waals surface area contributed by atoms with Gasteiger partial charge in [-0.3, -0.25) is 4.79 Å². The van der Waals surface area contributed by atoms with Crippen LogP contribution in [0.15, 0.2) is 60.0 Å². The maximum atomic E-state index is 13.6. The number of benzene rings is 2. The average molecular weight is 401 g/mol. The summed E-state index contributed by atoms with van der Waals surface area (Å²) in [4.78, 5) is 24.5. The number of allylic oxidation sites excluding steroid dienone is 1. The smallest absolute Gasteiger partial charge is 0.337 e. The zero-order chi connectivity index (χ0) is 19.4. The molecule has 1 aromatic heterocycles. The highest BCUT2D eigenvalue weighted by Crippen LogP contribution is 2.33. The van der Waals surface area contributed by atoms with E-state index in [9.17, 15) is 19.1 Å². The first-order valence-electron chi connectivity index (χ1n) is 8.00. The molecule has 0 amide bonds. The van der Waals surface area contributed by atoms with Gasteiger partial charge < -0.3 is 5.11 Å². The van der Waals surface area contributed by atoms with E-state index in [1.54, 1.807) is 47.8 Å². The summed E-state index contributed by atoms with van der Waals surface area (Å²) in [5.41, 5.74) is 1.67. The number of halogens is 2. The Labute approximate surface area is 164 Å². The monoisotopic (exact) mass is 400 g/mol. The van der Waals surface area contributed by atoms with Gasteiger partial charge in [-0.05, 0) is 41.3 Å². The van der Waals surface area contributed by atoms with Crippen LogP contribution >= 0.6 is 22.9 Å². The highest BCUT2D eigenvalue weighted by molar-refractivity contribution is 7.11. The Bertz CT molecular complexity index is 1020. The van der Waals surface area contributed by atoms with Crippen LogP contribution in [0.2, 0.25) is 5.02 Å². The van der Waals surface area contributed by atoms with Crippen LogP contribution in [0.4, 0.5) is 4.39 Å². The summed E-state index contributed by atoms with van der Waals surface area (Å²) in [6.07, 6.45) is 2.60. The van der Waals surface area contributed by atoms with Crippen molar-refractivity contribution in [2.45, 2.75) is 6.42 Å². The molecule has 3 aromatic rings. The molecule has 0 spiro atoms. The summed E-state index contributed by atoms with van der Waals surface area (Å²) in [6.45, 7) is 0. The van der Waals surface area contributed by atoms with Crippen molar-refractivity contribution in [3.8, 4) is 11.1 Å². The molecule has 0 bridgehead atoms. The molecule has 0 saturated carbocycles. The molecule has 0 aliphatic carbocycles. The maximum absolute atomic E-state index is 13.6. The minimum Gasteiger partial charge on any atom is -0.478 e. The number of rotatable bonds is 6. The number of aromatic carboxylic acids is 1. The Morgan fingerprint density at radius 2 is 1.81 bits per heavy atom. The van der Waals surface area contributed by atoms with Gasteiger partial charge in [0.15, 0.2) is 5.78 Å². The van der Waals surface area contributed by atoms with Gasteiger partial charge in [-0.2, -0.15) is 0 Å². The van der Waals surface area contributed by atoms with E-state index in [0.717, 1.165) is 0 Å². The predicted octanol–water partition coefficient (Wildman–Crippen LogP) is 5.73. The van der Waals surface area contributed by atoms with Crippen molar-refractivity contribution in [2.75, 3.05) is 0 Å². The fraction of sp³-hybridized carbons (Fsp3) is 0.0476. The molecule has 27 heavy (non-hydrogen) atoms. The summed E-state index contributed by atoms with van der Waals surface area (Å²) < 4.78 is 13.6. The number of carbonyl (C=O) groups excluding carboxylic acids is 1. The molecule has 0 aliphatic rings. The number of hydrogen-bond acceptors (Lipinski definition) is 3. The molecule has 6 heteroatoms. The van der Waals surface area contributed by atoms with E-state index in [0.29, 0.717) is 26.6 Å². The summed E-state index contributed by atoms with van der Waals surface area (Å²) in [6, 6.07) is 13.0. The van der Waals surface area contributed by atoms with Gasteiger partial charge in [-0.15, -0.1) is 11.3 Å². The average Bonchev–Trinajstić information content (AvgIpc) is 3.05. The van der Waals surface area contributed by atoms with Crippen LogP contribution in [0.1, 0.15) is 20.8 Å². The molecular weight excluding hydrogens is 387 g/mol. The molecule has 1 heterocycles. The van der Waals surface area contributed by atoms with Crippen LogP contribution in [-0.2, 0) is 11.2 Å². The Morgan fingerprint density at radius 3 is 2.48 bits per heavy atom. The Hall–Kier alpha value is -2.76. The first-order chi connectivity index (χ1) is 13.0. The van der Waals surface area contributed by atoms with Crippen LogP contribution in [0, 0.1) is 5.82 Å². The molecule has 0 fully saturated rings. The molecule has 0 radical (unpaired) electrons. The van der Waals surface area contributed by atoms with E-state index < -0.39 is 11.8 Å². The van der Waals surface area contributed by atoms with Gasteiger partial charge in [0.25, 0.3) is 0 Å². The van der Waals surface area contributed by atoms with Gasteiger partial charge in [-0.25, -0.2) is 9.18 Å². The number of hydrogen-bond donors (Lipinski definition) is 1. The van der Waals surface area contributed by atoms with Gasteiger partial charge in [0.2, 0.25) is 0 Å². The van der Waals surface area contributed by atoms with E-state index in [2.05, 4.69) is 0 Å². The van der Waals surface area contributed by atoms with Gasteiger partial charge in [0.1, 0.15) is 5.82 Å². The molecule has 0 unspecified atom stereocenters. The number of thiophene rings is 1. The van der Waals surface area contributed by atoms with E-state index in [4.69, 9.17) is 11.6 Å². The lowest BCUT2D eigenvalue weighted by molar-refractivity contribution is -0.113. The minimum absolute atomic E-state index is 0.0646. The molecule has 0 aliphatic heterocycles. The Morgan fingerprint density at radius 1 is 1.11 bits per heavy atom. The molecule has 3 nitrogen and oxygen atoms in total. The third kappa shape index (κ3) is 4.51. The zero-order valence-electron chi connectivity index (χ0n) is 14.0. The zero-order valence-corrected chi connectivity index (χ0v) is 15.6. The molecule has 3 rings (SSSR count). The van der Waals surface area contributed by atoms with E-state index in [1.807, 2.05) is 0 Å². The lowest BCUT2D eigenvalue weighted by Gasteiger charge is -2.03. The van der Waals surface area contributed by atoms with Crippen LogP contribution in [0.25, 0.3) is 17.2 Å². The van der Waals surface area contributed by atoms with E-state index >= 15 is 0 Å². The van der Waals surface area contributed by atoms with Crippen LogP contribution in [0.5, 0.6) is 0 Å². The SMILES string of the molecule is O=C(/C=C/c1ccccc1F)Cc1scc(-c2ccc(Cl)cc2)c1C(=O)O. The quantitative estimate of drug-likeness (QED) is 0.537. The standard InChI is InChI=1S/C21H14ClFO3S/c22-15-8-5-13(6-9-15)17-12-27-19(20(17)21(25)26)11-16(24)10-7-14-3-1-2-4-18(14)23/h1-10,12H,11H2,(H,25,26)/b10-7+. The summed E-state index contributed by atoms with van der Waals surface area (Å²) in [7, 11) is 0. The number of carboxylic acid groups (broad SMARTS) is 1. The fourth-order valence-electron chi connectivity index (χ4n) is 2.61. The molecule has 2 aromatic carbocycles. The minimum atomic E-state index is -1.10. The Balaban J connectivity index is 1.85. The second-order valence-electron chi connectivity index (χ2n) is 5.76. The number of carbonyl (C=O) groups is 2. The van der Waals surface area contributed by atoms with Gasteiger partial charge in [-0.1, -0.05) is 41.9 Å². The molecule has 0 saturated heterocycles. The van der Waals surface area contributed by atoms with Crippen LogP contribution in [-0.4, -0.2) is 16.9 Å². The van der Waals surface area contributed by atoms with E-state index in [-0.39, 0.29) is 17.8 Å². The predicted molar refractivity (Wildman–Crippen MR) is 106 cm³/mol. The van der Waals surface area contributed by atoms with Crippen molar-refractivity contribution >= 4 is 40.8 Å².